The molecule has 1 aromatic rings. The topological polar surface area (TPSA) is 49.3 Å². The summed E-state index contributed by atoms with van der Waals surface area (Å²) >= 11 is 0. The highest BCUT2D eigenvalue weighted by molar-refractivity contribution is 5.79. The Kier molecular flexibility index (Phi) is 5.39. The van der Waals surface area contributed by atoms with Gasteiger partial charge in [0.2, 0.25) is 5.91 Å². The van der Waals surface area contributed by atoms with Gasteiger partial charge in [-0.2, -0.15) is 0 Å². The average molecular weight is 314 g/mol. The number of carbonyl (C=O) groups excluding carboxylic acids is 1. The molecule has 1 atom stereocenters. The van der Waals surface area contributed by atoms with Crippen molar-refractivity contribution in [3.63, 3.8) is 0 Å². The summed E-state index contributed by atoms with van der Waals surface area (Å²) < 4.78 is 0. The molecule has 23 heavy (non-hydrogen) atoms. The van der Waals surface area contributed by atoms with E-state index in [-0.39, 0.29) is 0 Å². The first-order valence-corrected chi connectivity index (χ1v) is 8.64. The van der Waals surface area contributed by atoms with Gasteiger partial charge in [-0.3, -0.25) is 9.69 Å². The van der Waals surface area contributed by atoms with E-state index in [9.17, 15) is 4.79 Å². The van der Waals surface area contributed by atoms with E-state index in [4.69, 9.17) is 0 Å². The number of likely N-dealkylation sites (tertiary alicyclic amines) is 1. The van der Waals surface area contributed by atoms with E-state index in [0.717, 1.165) is 44.7 Å². The van der Waals surface area contributed by atoms with Crippen LogP contribution in [-0.2, 0) is 11.3 Å². The van der Waals surface area contributed by atoms with Gasteiger partial charge in [0.15, 0.2) is 0 Å². The third kappa shape index (κ3) is 4.38. The Morgan fingerprint density at radius 2 is 2.17 bits per heavy atom. The van der Waals surface area contributed by atoms with Crippen LogP contribution in [0.2, 0.25) is 0 Å². The molecule has 0 saturated carbocycles. The lowest BCUT2D eigenvalue weighted by atomic mass is 9.97. The number of hydrogen-bond donors (Lipinski definition) is 0. The number of nitrogens with zero attached hydrogens (tertiary/aromatic N) is 4. The smallest absolute Gasteiger partial charge is 0.226 e. The minimum absolute atomic E-state index is 0.296. The van der Waals surface area contributed by atoms with Crippen LogP contribution in [0.4, 0.5) is 0 Å². The highest BCUT2D eigenvalue weighted by atomic mass is 16.2. The molecule has 5 heteroatoms. The lowest BCUT2D eigenvalue weighted by Crippen LogP contribution is -2.36. The van der Waals surface area contributed by atoms with Crippen LogP contribution < -0.4 is 0 Å². The Morgan fingerprint density at radius 3 is 2.91 bits per heavy atom. The molecule has 0 aromatic carbocycles. The Bertz CT molecular complexity index is 557. The predicted octanol–water partition coefficient (Wildman–Crippen LogP) is 2.40. The number of rotatable bonds is 5. The molecule has 1 saturated heterocycles. The van der Waals surface area contributed by atoms with E-state index < -0.39 is 0 Å². The number of allylic oxidation sites excluding steroid dienone is 1. The zero-order valence-electron chi connectivity index (χ0n) is 13.9. The zero-order valence-corrected chi connectivity index (χ0v) is 13.9. The quantitative estimate of drug-likeness (QED) is 0.783. The minimum Gasteiger partial charge on any atom is -0.341 e. The second kappa shape index (κ2) is 7.68. The van der Waals surface area contributed by atoms with Gasteiger partial charge in [0.25, 0.3) is 0 Å². The van der Waals surface area contributed by atoms with Crippen LogP contribution in [-0.4, -0.2) is 51.9 Å². The highest BCUT2D eigenvalue weighted by Gasteiger charge is 2.29. The van der Waals surface area contributed by atoms with E-state index in [2.05, 4.69) is 28.0 Å². The van der Waals surface area contributed by atoms with E-state index in [1.165, 1.54) is 18.4 Å². The fourth-order valence-corrected chi connectivity index (χ4v) is 3.46. The zero-order chi connectivity index (χ0) is 16.1. The second-order valence-electron chi connectivity index (χ2n) is 6.65. The summed E-state index contributed by atoms with van der Waals surface area (Å²) in [5, 5.41) is 0. The van der Waals surface area contributed by atoms with Crippen molar-refractivity contribution in [2.45, 2.75) is 51.1 Å². The van der Waals surface area contributed by atoms with Crippen LogP contribution >= 0.6 is 0 Å². The van der Waals surface area contributed by atoms with Crippen molar-refractivity contribution in [3.05, 3.63) is 35.9 Å². The summed E-state index contributed by atoms with van der Waals surface area (Å²) in [4.78, 5) is 25.3. The summed E-state index contributed by atoms with van der Waals surface area (Å²) in [6, 6.07) is 2.24. The Hall–Kier alpha value is -1.75. The molecule has 1 aliphatic carbocycles. The molecule has 124 valence electrons. The summed E-state index contributed by atoms with van der Waals surface area (Å²) in [5.41, 5.74) is 1.34. The standard InChI is InChI=1S/C18H26N4O/c1-21(14-17-19-9-5-10-20-17)16-8-11-22(13-16)18(23)12-15-6-3-2-4-7-15/h5-6,9-10,16H,2-4,7-8,11-14H2,1H3. The summed E-state index contributed by atoms with van der Waals surface area (Å²) in [7, 11) is 2.10. The summed E-state index contributed by atoms with van der Waals surface area (Å²) in [6.07, 6.45) is 12.2. The monoisotopic (exact) mass is 314 g/mol. The fraction of sp³-hybridized carbons (Fsp3) is 0.611. The predicted molar refractivity (Wildman–Crippen MR) is 89.7 cm³/mol. The highest BCUT2D eigenvalue weighted by Crippen LogP contribution is 2.23. The van der Waals surface area contributed by atoms with Crippen molar-refractivity contribution in [2.24, 2.45) is 0 Å². The van der Waals surface area contributed by atoms with E-state index >= 15 is 0 Å². The maximum atomic E-state index is 12.5. The van der Waals surface area contributed by atoms with Gasteiger partial charge in [0.1, 0.15) is 5.82 Å². The van der Waals surface area contributed by atoms with Crippen LogP contribution in [0.15, 0.2) is 30.1 Å². The molecule has 1 amide bonds. The minimum atomic E-state index is 0.296. The molecule has 2 aliphatic rings. The molecule has 1 aromatic heterocycles. The molecule has 1 aliphatic heterocycles. The van der Waals surface area contributed by atoms with Crippen LogP contribution in [0, 0.1) is 0 Å². The first-order chi connectivity index (χ1) is 11.2. The van der Waals surface area contributed by atoms with Gasteiger partial charge < -0.3 is 4.90 Å². The molecule has 0 bridgehead atoms. The lowest BCUT2D eigenvalue weighted by molar-refractivity contribution is -0.129. The van der Waals surface area contributed by atoms with Crippen molar-refractivity contribution in [3.8, 4) is 0 Å². The van der Waals surface area contributed by atoms with Gasteiger partial charge >= 0.3 is 0 Å². The van der Waals surface area contributed by atoms with Crippen LogP contribution in [0.25, 0.3) is 0 Å². The van der Waals surface area contributed by atoms with Crippen molar-refractivity contribution in [1.29, 1.82) is 0 Å². The van der Waals surface area contributed by atoms with Gasteiger partial charge in [-0.1, -0.05) is 11.6 Å². The second-order valence-corrected chi connectivity index (χ2v) is 6.65. The Morgan fingerprint density at radius 1 is 1.35 bits per heavy atom. The Balaban J connectivity index is 1.49. The number of aromatic nitrogens is 2. The van der Waals surface area contributed by atoms with Crippen molar-refractivity contribution in [1.82, 2.24) is 19.8 Å². The van der Waals surface area contributed by atoms with Crippen molar-refractivity contribution >= 4 is 5.91 Å². The SMILES string of the molecule is CN(Cc1ncccn1)C1CCN(C(=O)CC2=CCCCC2)C1. The summed E-state index contributed by atoms with van der Waals surface area (Å²) in [5.74, 6) is 1.14. The van der Waals surface area contributed by atoms with Crippen molar-refractivity contribution < 1.29 is 4.79 Å². The molecule has 3 rings (SSSR count). The third-order valence-electron chi connectivity index (χ3n) is 4.91. The largest absolute Gasteiger partial charge is 0.341 e. The van der Waals surface area contributed by atoms with E-state index in [1.54, 1.807) is 12.4 Å². The third-order valence-corrected chi connectivity index (χ3v) is 4.91. The number of amides is 1. The molecule has 2 heterocycles. The molecular weight excluding hydrogens is 288 g/mol. The molecule has 1 fully saturated rings. The number of carbonyl (C=O) groups is 1. The van der Waals surface area contributed by atoms with E-state index in [0.29, 0.717) is 18.4 Å². The van der Waals surface area contributed by atoms with Gasteiger partial charge in [0, 0.05) is 37.9 Å². The fourth-order valence-electron chi connectivity index (χ4n) is 3.46. The van der Waals surface area contributed by atoms with Crippen LogP contribution in [0.1, 0.15) is 44.3 Å². The lowest BCUT2D eigenvalue weighted by Gasteiger charge is -2.24. The first kappa shape index (κ1) is 16.1. The number of likely N-dealkylation sites (N-methyl/N-ethyl adjacent to an activating group) is 1. The molecule has 0 N–H and O–H groups in total. The summed E-state index contributed by atoms with van der Waals surface area (Å²) in [6.45, 7) is 2.44. The van der Waals surface area contributed by atoms with Crippen LogP contribution in [0.5, 0.6) is 0 Å². The van der Waals surface area contributed by atoms with Crippen molar-refractivity contribution in [2.75, 3.05) is 20.1 Å². The van der Waals surface area contributed by atoms with Gasteiger partial charge in [-0.25, -0.2) is 9.97 Å². The molecule has 0 spiro atoms. The molecule has 0 radical (unpaired) electrons. The molecular formula is C18H26N4O. The average Bonchev–Trinajstić information content (AvgIpc) is 3.07. The maximum Gasteiger partial charge on any atom is 0.226 e. The van der Waals surface area contributed by atoms with Gasteiger partial charge in [-0.15, -0.1) is 0 Å². The first-order valence-electron chi connectivity index (χ1n) is 8.64. The van der Waals surface area contributed by atoms with Gasteiger partial charge in [0.05, 0.1) is 6.54 Å². The molecule has 1 unspecified atom stereocenters. The van der Waals surface area contributed by atoms with E-state index in [1.807, 2.05) is 11.0 Å². The Labute approximate surface area is 138 Å². The van der Waals surface area contributed by atoms with Gasteiger partial charge in [-0.05, 0) is 45.2 Å². The normalized spacial score (nSPS) is 21.6. The maximum absolute atomic E-state index is 12.5. The van der Waals surface area contributed by atoms with Crippen LogP contribution in [0.3, 0.4) is 0 Å². The molecule has 5 nitrogen and oxygen atoms in total. The number of hydrogen-bond acceptors (Lipinski definition) is 4.